The molecular formula is C20H11BrN2O3S. The van der Waals surface area contributed by atoms with Gasteiger partial charge in [-0.2, -0.15) is 0 Å². The van der Waals surface area contributed by atoms with Gasteiger partial charge in [0.25, 0.3) is 5.91 Å². The molecule has 0 N–H and O–H groups in total. The molecule has 0 radical (unpaired) electrons. The van der Waals surface area contributed by atoms with Crippen LogP contribution in [-0.4, -0.2) is 10.9 Å². The molecule has 3 heterocycles. The maximum absolute atomic E-state index is 13.3. The van der Waals surface area contributed by atoms with Crippen LogP contribution in [0.1, 0.15) is 27.7 Å². The van der Waals surface area contributed by atoms with Crippen molar-refractivity contribution in [3.8, 4) is 0 Å². The molecule has 0 unspecified atom stereocenters. The van der Waals surface area contributed by atoms with Gasteiger partial charge in [-0.05, 0) is 29.8 Å². The molecule has 5 rings (SSSR count). The Morgan fingerprint density at radius 3 is 2.74 bits per heavy atom. The molecule has 0 aliphatic carbocycles. The number of aromatic nitrogens is 1. The summed E-state index contributed by atoms with van der Waals surface area (Å²) in [6.07, 6.45) is 1.64. The number of halogens is 1. The van der Waals surface area contributed by atoms with Crippen molar-refractivity contribution in [2.24, 2.45) is 0 Å². The van der Waals surface area contributed by atoms with Crippen LogP contribution in [0.25, 0.3) is 11.0 Å². The highest BCUT2D eigenvalue weighted by atomic mass is 79.9. The van der Waals surface area contributed by atoms with Gasteiger partial charge >= 0.3 is 0 Å². The van der Waals surface area contributed by atoms with Gasteiger partial charge < -0.3 is 4.42 Å². The lowest BCUT2D eigenvalue weighted by Gasteiger charge is -2.22. The SMILES string of the molecule is O=C1c2oc3ccccc3c(=O)c2[C@H](c2cccc(Br)c2)N1c1nccs1. The first-order chi connectivity index (χ1) is 13.1. The minimum atomic E-state index is -0.586. The van der Waals surface area contributed by atoms with Gasteiger partial charge in [0.2, 0.25) is 5.76 Å². The molecule has 27 heavy (non-hydrogen) atoms. The zero-order chi connectivity index (χ0) is 18.5. The molecule has 1 amide bonds. The lowest BCUT2D eigenvalue weighted by atomic mass is 9.99. The molecule has 2 aromatic carbocycles. The Bertz CT molecular complexity index is 1250. The highest BCUT2D eigenvalue weighted by Gasteiger charge is 2.44. The van der Waals surface area contributed by atoms with Crippen LogP contribution < -0.4 is 10.3 Å². The molecule has 1 aliphatic rings. The minimum absolute atomic E-state index is 0.0823. The van der Waals surface area contributed by atoms with E-state index >= 15 is 0 Å². The van der Waals surface area contributed by atoms with Crippen LogP contribution in [0.4, 0.5) is 5.13 Å². The molecule has 0 saturated heterocycles. The van der Waals surface area contributed by atoms with Crippen LogP contribution in [0.5, 0.6) is 0 Å². The van der Waals surface area contributed by atoms with Gasteiger partial charge in [0, 0.05) is 16.0 Å². The van der Waals surface area contributed by atoms with Crippen LogP contribution in [0.2, 0.25) is 0 Å². The number of rotatable bonds is 2. The zero-order valence-electron chi connectivity index (χ0n) is 13.8. The van der Waals surface area contributed by atoms with Crippen molar-refractivity contribution in [2.75, 3.05) is 4.90 Å². The van der Waals surface area contributed by atoms with Gasteiger partial charge in [-0.15, -0.1) is 11.3 Å². The van der Waals surface area contributed by atoms with Crippen LogP contribution >= 0.6 is 27.3 Å². The van der Waals surface area contributed by atoms with E-state index in [9.17, 15) is 9.59 Å². The molecule has 7 heteroatoms. The summed E-state index contributed by atoms with van der Waals surface area (Å²) in [5.74, 6) is -0.272. The monoisotopic (exact) mass is 438 g/mol. The first kappa shape index (κ1) is 16.4. The van der Waals surface area contributed by atoms with Crippen molar-refractivity contribution in [2.45, 2.75) is 6.04 Å². The second-order valence-electron chi connectivity index (χ2n) is 6.12. The van der Waals surface area contributed by atoms with Crippen molar-refractivity contribution >= 4 is 49.3 Å². The Morgan fingerprint density at radius 2 is 1.96 bits per heavy atom. The Hall–Kier alpha value is -2.77. The smallest absolute Gasteiger partial charge is 0.297 e. The molecule has 1 aliphatic heterocycles. The van der Waals surface area contributed by atoms with Gasteiger partial charge in [0.05, 0.1) is 17.0 Å². The van der Waals surface area contributed by atoms with Crippen LogP contribution in [0.15, 0.2) is 73.8 Å². The molecule has 4 aromatic rings. The predicted octanol–water partition coefficient (Wildman–Crippen LogP) is 4.76. The van der Waals surface area contributed by atoms with E-state index in [0.29, 0.717) is 21.7 Å². The second-order valence-corrected chi connectivity index (χ2v) is 7.91. The Morgan fingerprint density at radius 1 is 1.11 bits per heavy atom. The Kier molecular flexibility index (Phi) is 3.73. The van der Waals surface area contributed by atoms with Gasteiger partial charge in [0.15, 0.2) is 10.6 Å². The summed E-state index contributed by atoms with van der Waals surface area (Å²) in [5, 5.41) is 2.79. The summed E-state index contributed by atoms with van der Waals surface area (Å²) in [6.45, 7) is 0. The lowest BCUT2D eigenvalue weighted by molar-refractivity contribution is 0.0971. The fourth-order valence-corrected chi connectivity index (χ4v) is 4.53. The van der Waals surface area contributed by atoms with Crippen molar-refractivity contribution in [3.63, 3.8) is 0 Å². The Balaban J connectivity index is 1.85. The van der Waals surface area contributed by atoms with Crippen LogP contribution in [-0.2, 0) is 0 Å². The maximum Gasteiger partial charge on any atom is 0.297 e. The van der Waals surface area contributed by atoms with Gasteiger partial charge in [-0.25, -0.2) is 4.98 Å². The Labute approximate surface area is 166 Å². The van der Waals surface area contributed by atoms with Crippen molar-refractivity contribution in [1.29, 1.82) is 0 Å². The van der Waals surface area contributed by atoms with E-state index in [1.807, 2.05) is 24.3 Å². The molecule has 0 fully saturated rings. The number of anilines is 1. The number of benzene rings is 2. The maximum atomic E-state index is 13.3. The molecule has 0 spiro atoms. The molecular weight excluding hydrogens is 428 g/mol. The standard InChI is InChI=1S/C20H11BrN2O3S/c21-12-5-3-4-11(10-12)16-15-17(24)13-6-1-2-7-14(13)26-18(15)19(25)23(16)20-22-8-9-27-20/h1-10,16H/t16-/m0/s1. The van der Waals surface area contributed by atoms with E-state index < -0.39 is 6.04 Å². The van der Waals surface area contributed by atoms with E-state index in [-0.39, 0.29) is 17.1 Å². The fraction of sp³-hybridized carbons (Fsp3) is 0.0500. The summed E-state index contributed by atoms with van der Waals surface area (Å²) in [5.41, 5.74) is 1.38. The summed E-state index contributed by atoms with van der Waals surface area (Å²) in [7, 11) is 0. The minimum Gasteiger partial charge on any atom is -0.450 e. The topological polar surface area (TPSA) is 63.4 Å². The zero-order valence-corrected chi connectivity index (χ0v) is 16.2. The van der Waals surface area contributed by atoms with Crippen molar-refractivity contribution < 1.29 is 9.21 Å². The van der Waals surface area contributed by atoms with Gasteiger partial charge in [-0.1, -0.05) is 40.2 Å². The van der Waals surface area contributed by atoms with E-state index in [1.54, 1.807) is 40.7 Å². The summed E-state index contributed by atoms with van der Waals surface area (Å²) in [4.78, 5) is 32.3. The average Bonchev–Trinajstić information content (AvgIpc) is 3.29. The van der Waals surface area contributed by atoms with Gasteiger partial charge in [-0.3, -0.25) is 14.5 Å². The number of thiazole rings is 1. The molecule has 5 nitrogen and oxygen atoms in total. The lowest BCUT2D eigenvalue weighted by Crippen LogP contribution is -2.29. The van der Waals surface area contributed by atoms with Crippen molar-refractivity contribution in [1.82, 2.24) is 4.98 Å². The van der Waals surface area contributed by atoms with E-state index in [2.05, 4.69) is 20.9 Å². The average molecular weight is 439 g/mol. The molecule has 0 saturated carbocycles. The number of fused-ring (bicyclic) bond motifs is 2. The number of hydrogen-bond donors (Lipinski definition) is 0. The number of carbonyl (C=O) groups excluding carboxylic acids is 1. The van der Waals surface area contributed by atoms with E-state index in [4.69, 9.17) is 4.42 Å². The highest BCUT2D eigenvalue weighted by molar-refractivity contribution is 9.10. The van der Waals surface area contributed by atoms with Gasteiger partial charge in [0.1, 0.15) is 5.58 Å². The predicted molar refractivity (Wildman–Crippen MR) is 107 cm³/mol. The largest absolute Gasteiger partial charge is 0.450 e. The second kappa shape index (κ2) is 6.14. The van der Waals surface area contributed by atoms with Crippen molar-refractivity contribution in [3.05, 3.63) is 91.7 Å². The highest BCUT2D eigenvalue weighted by Crippen LogP contribution is 2.42. The first-order valence-corrected chi connectivity index (χ1v) is 9.86. The molecule has 0 bridgehead atoms. The normalized spacial score (nSPS) is 16.1. The van der Waals surface area contributed by atoms with E-state index in [0.717, 1.165) is 10.0 Å². The summed E-state index contributed by atoms with van der Waals surface area (Å²) in [6, 6.07) is 14.0. The third kappa shape index (κ3) is 2.46. The van der Waals surface area contributed by atoms with Crippen LogP contribution in [0.3, 0.4) is 0 Å². The number of hydrogen-bond acceptors (Lipinski definition) is 5. The first-order valence-electron chi connectivity index (χ1n) is 8.19. The molecule has 2 aromatic heterocycles. The molecule has 1 atom stereocenters. The number of nitrogens with zero attached hydrogens (tertiary/aromatic N) is 2. The third-order valence-corrected chi connectivity index (χ3v) is 5.83. The number of amides is 1. The number of para-hydroxylation sites is 1. The number of carbonyl (C=O) groups is 1. The quantitative estimate of drug-likeness (QED) is 0.452. The summed E-state index contributed by atoms with van der Waals surface area (Å²) >= 11 is 4.82. The summed E-state index contributed by atoms with van der Waals surface area (Å²) < 4.78 is 6.75. The molecule has 132 valence electrons. The third-order valence-electron chi connectivity index (χ3n) is 4.57. The fourth-order valence-electron chi connectivity index (χ4n) is 3.44. The van der Waals surface area contributed by atoms with Crippen LogP contribution in [0, 0.1) is 0 Å². The van der Waals surface area contributed by atoms with E-state index in [1.165, 1.54) is 11.3 Å².